The van der Waals surface area contributed by atoms with Gasteiger partial charge in [-0.25, -0.2) is 4.39 Å². The fourth-order valence-corrected chi connectivity index (χ4v) is 4.04. The standard InChI is InChI=1S/C20H24FNO3S/c1-26(23,24)25-15-18-14-22(13-16-5-3-2-4-6-16)12-11-20(18)17-7-9-19(21)10-8-17/h2-10,18,20H,11-15H2,1H3/t18-,20+/m0/s1. The lowest BCUT2D eigenvalue weighted by Crippen LogP contribution is -2.41. The first kappa shape index (κ1) is 19.0. The van der Waals surface area contributed by atoms with E-state index in [1.165, 1.54) is 17.7 Å². The molecule has 1 heterocycles. The number of hydrogen-bond acceptors (Lipinski definition) is 4. The molecule has 4 nitrogen and oxygen atoms in total. The van der Waals surface area contributed by atoms with Gasteiger partial charge in [0.25, 0.3) is 10.1 Å². The van der Waals surface area contributed by atoms with Crippen molar-refractivity contribution in [2.45, 2.75) is 18.9 Å². The molecular formula is C20H24FNO3S. The molecule has 140 valence electrons. The fourth-order valence-electron chi connectivity index (χ4n) is 3.62. The molecule has 2 atom stereocenters. The van der Waals surface area contributed by atoms with Crippen molar-refractivity contribution in [3.63, 3.8) is 0 Å². The first-order valence-corrected chi connectivity index (χ1v) is 10.6. The Morgan fingerprint density at radius 3 is 2.46 bits per heavy atom. The van der Waals surface area contributed by atoms with Crippen LogP contribution >= 0.6 is 0 Å². The summed E-state index contributed by atoms with van der Waals surface area (Å²) in [5, 5.41) is 0. The zero-order chi connectivity index (χ0) is 18.6. The molecule has 1 aliphatic heterocycles. The minimum absolute atomic E-state index is 0.0349. The van der Waals surface area contributed by atoms with Gasteiger partial charge in [0.2, 0.25) is 0 Å². The highest BCUT2D eigenvalue weighted by atomic mass is 32.2. The van der Waals surface area contributed by atoms with E-state index in [4.69, 9.17) is 4.18 Å². The summed E-state index contributed by atoms with van der Waals surface area (Å²) in [5.41, 5.74) is 2.27. The van der Waals surface area contributed by atoms with Crippen LogP contribution in [0.5, 0.6) is 0 Å². The highest BCUT2D eigenvalue weighted by molar-refractivity contribution is 7.85. The maximum atomic E-state index is 13.2. The van der Waals surface area contributed by atoms with E-state index in [9.17, 15) is 12.8 Å². The Morgan fingerprint density at radius 1 is 1.12 bits per heavy atom. The summed E-state index contributed by atoms with van der Waals surface area (Å²) >= 11 is 0. The van der Waals surface area contributed by atoms with Crippen molar-refractivity contribution < 1.29 is 17.0 Å². The van der Waals surface area contributed by atoms with Crippen LogP contribution in [0.25, 0.3) is 0 Å². The number of likely N-dealkylation sites (tertiary alicyclic amines) is 1. The number of hydrogen-bond donors (Lipinski definition) is 0. The first-order chi connectivity index (χ1) is 12.4. The van der Waals surface area contributed by atoms with Gasteiger partial charge in [-0.1, -0.05) is 42.5 Å². The van der Waals surface area contributed by atoms with Gasteiger partial charge in [0.1, 0.15) is 5.82 Å². The largest absolute Gasteiger partial charge is 0.299 e. The molecule has 0 radical (unpaired) electrons. The predicted octanol–water partition coefficient (Wildman–Crippen LogP) is 3.41. The molecule has 1 aliphatic rings. The quantitative estimate of drug-likeness (QED) is 0.724. The van der Waals surface area contributed by atoms with Gasteiger partial charge < -0.3 is 0 Å². The van der Waals surface area contributed by atoms with Gasteiger partial charge in [0.15, 0.2) is 0 Å². The third-order valence-electron chi connectivity index (χ3n) is 4.86. The molecule has 0 aromatic heterocycles. The molecular weight excluding hydrogens is 353 g/mol. The number of nitrogens with zero attached hydrogens (tertiary/aromatic N) is 1. The molecule has 1 saturated heterocycles. The number of piperidine rings is 1. The van der Waals surface area contributed by atoms with Crippen molar-refractivity contribution in [1.82, 2.24) is 4.90 Å². The molecule has 6 heteroatoms. The number of halogens is 1. The van der Waals surface area contributed by atoms with Gasteiger partial charge in [-0.3, -0.25) is 9.08 Å². The zero-order valence-corrected chi connectivity index (χ0v) is 15.7. The van der Waals surface area contributed by atoms with E-state index in [0.29, 0.717) is 0 Å². The summed E-state index contributed by atoms with van der Waals surface area (Å²) in [5.74, 6) is -0.0729. The van der Waals surface area contributed by atoms with E-state index < -0.39 is 10.1 Å². The summed E-state index contributed by atoms with van der Waals surface area (Å²) in [7, 11) is -3.49. The number of benzene rings is 2. The molecule has 0 saturated carbocycles. The Morgan fingerprint density at radius 2 is 1.81 bits per heavy atom. The normalized spacial score (nSPS) is 21.6. The predicted molar refractivity (Wildman–Crippen MR) is 99.8 cm³/mol. The van der Waals surface area contributed by atoms with Crippen LogP contribution in [0.4, 0.5) is 4.39 Å². The van der Waals surface area contributed by atoms with Gasteiger partial charge >= 0.3 is 0 Å². The Balaban J connectivity index is 1.74. The second kappa shape index (κ2) is 8.29. The smallest absolute Gasteiger partial charge is 0.264 e. The summed E-state index contributed by atoms with van der Waals surface area (Å²) < 4.78 is 41.3. The van der Waals surface area contributed by atoms with Crippen LogP contribution in [0.15, 0.2) is 54.6 Å². The van der Waals surface area contributed by atoms with Crippen molar-refractivity contribution in [3.8, 4) is 0 Å². The van der Waals surface area contributed by atoms with Crippen molar-refractivity contribution in [2.75, 3.05) is 26.0 Å². The van der Waals surface area contributed by atoms with Crippen LogP contribution in [-0.4, -0.2) is 39.3 Å². The second-order valence-electron chi connectivity index (χ2n) is 6.92. The summed E-state index contributed by atoms with van der Waals surface area (Å²) in [6.45, 7) is 2.62. The van der Waals surface area contributed by atoms with Crippen LogP contribution in [0.1, 0.15) is 23.5 Å². The van der Waals surface area contributed by atoms with Crippen molar-refractivity contribution in [1.29, 1.82) is 0 Å². The summed E-state index contributed by atoms with van der Waals surface area (Å²) in [6.07, 6.45) is 1.96. The molecule has 1 fully saturated rings. The minimum Gasteiger partial charge on any atom is -0.299 e. The lowest BCUT2D eigenvalue weighted by atomic mass is 9.81. The summed E-state index contributed by atoms with van der Waals surface area (Å²) in [6, 6.07) is 16.7. The van der Waals surface area contributed by atoms with E-state index in [1.54, 1.807) is 12.1 Å². The van der Waals surface area contributed by atoms with Gasteiger partial charge in [0.05, 0.1) is 12.9 Å². The molecule has 0 N–H and O–H groups in total. The second-order valence-corrected chi connectivity index (χ2v) is 8.56. The van der Waals surface area contributed by atoms with Crippen LogP contribution in [0.3, 0.4) is 0 Å². The maximum absolute atomic E-state index is 13.2. The Hall–Kier alpha value is -1.76. The van der Waals surface area contributed by atoms with Gasteiger partial charge in [-0.05, 0) is 42.1 Å². The Kier molecular flexibility index (Phi) is 6.06. The zero-order valence-electron chi connectivity index (χ0n) is 14.8. The van der Waals surface area contributed by atoms with Gasteiger partial charge in [0, 0.05) is 19.0 Å². The third-order valence-corrected chi connectivity index (χ3v) is 5.43. The SMILES string of the molecule is CS(=O)(=O)OC[C@@H]1CN(Cc2ccccc2)CC[C@@H]1c1ccc(F)cc1. The van der Waals surface area contributed by atoms with E-state index in [-0.39, 0.29) is 24.3 Å². The van der Waals surface area contributed by atoms with Gasteiger partial charge in [-0.15, -0.1) is 0 Å². The van der Waals surface area contributed by atoms with Crippen molar-refractivity contribution in [3.05, 3.63) is 71.5 Å². The average molecular weight is 377 g/mol. The maximum Gasteiger partial charge on any atom is 0.264 e. The topological polar surface area (TPSA) is 46.6 Å². The molecule has 0 spiro atoms. The Labute approximate surface area is 154 Å². The van der Waals surface area contributed by atoms with E-state index in [1.807, 2.05) is 18.2 Å². The average Bonchev–Trinajstić information content (AvgIpc) is 2.61. The molecule has 0 bridgehead atoms. The van der Waals surface area contributed by atoms with Crippen LogP contribution in [0.2, 0.25) is 0 Å². The van der Waals surface area contributed by atoms with Crippen LogP contribution in [0, 0.1) is 11.7 Å². The molecule has 0 amide bonds. The molecule has 0 aliphatic carbocycles. The first-order valence-electron chi connectivity index (χ1n) is 8.77. The lowest BCUT2D eigenvalue weighted by Gasteiger charge is -2.38. The van der Waals surface area contributed by atoms with Gasteiger partial charge in [-0.2, -0.15) is 8.42 Å². The fraction of sp³-hybridized carbons (Fsp3) is 0.400. The monoisotopic (exact) mass is 377 g/mol. The summed E-state index contributed by atoms with van der Waals surface area (Å²) in [4.78, 5) is 2.33. The van der Waals surface area contributed by atoms with E-state index in [0.717, 1.165) is 37.9 Å². The highest BCUT2D eigenvalue weighted by Gasteiger charge is 2.31. The van der Waals surface area contributed by atoms with Crippen molar-refractivity contribution >= 4 is 10.1 Å². The lowest BCUT2D eigenvalue weighted by molar-refractivity contribution is 0.109. The molecule has 26 heavy (non-hydrogen) atoms. The van der Waals surface area contributed by atoms with Crippen LogP contribution < -0.4 is 0 Å². The van der Waals surface area contributed by atoms with E-state index in [2.05, 4.69) is 17.0 Å². The number of rotatable bonds is 6. The van der Waals surface area contributed by atoms with Crippen LogP contribution in [-0.2, 0) is 20.8 Å². The van der Waals surface area contributed by atoms with Crippen molar-refractivity contribution in [2.24, 2.45) is 5.92 Å². The Bertz CT molecular complexity index is 809. The van der Waals surface area contributed by atoms with E-state index >= 15 is 0 Å². The molecule has 2 aromatic carbocycles. The highest BCUT2D eigenvalue weighted by Crippen LogP contribution is 2.34. The molecule has 0 unspecified atom stereocenters. The molecule has 2 aromatic rings. The molecule has 3 rings (SSSR count). The minimum atomic E-state index is -3.49. The third kappa shape index (κ3) is 5.37.